The van der Waals surface area contributed by atoms with Crippen molar-refractivity contribution in [1.82, 2.24) is 14.8 Å². The van der Waals surface area contributed by atoms with Crippen LogP contribution in [0.15, 0.2) is 84.0 Å². The Balaban J connectivity index is 1.57. The van der Waals surface area contributed by atoms with Crippen LogP contribution in [0.2, 0.25) is 0 Å². The third-order valence-corrected chi connectivity index (χ3v) is 5.67. The number of anilines is 1. The monoisotopic (exact) mass is 432 g/mol. The average molecular weight is 433 g/mol. The summed E-state index contributed by atoms with van der Waals surface area (Å²) in [4.78, 5) is 12.5. The van der Waals surface area contributed by atoms with Crippen molar-refractivity contribution in [2.45, 2.75) is 18.5 Å². The molecule has 0 aliphatic carbocycles. The Kier molecular flexibility index (Phi) is 6.43. The van der Waals surface area contributed by atoms with Gasteiger partial charge in [-0.15, -0.1) is 10.2 Å². The third kappa shape index (κ3) is 4.83. The van der Waals surface area contributed by atoms with Gasteiger partial charge in [0.25, 0.3) is 0 Å². The zero-order valence-electron chi connectivity index (χ0n) is 17.0. The summed E-state index contributed by atoms with van der Waals surface area (Å²) in [7, 11) is 0. The summed E-state index contributed by atoms with van der Waals surface area (Å²) >= 11 is 1.25. The number of rotatable bonds is 7. The van der Waals surface area contributed by atoms with E-state index in [0.717, 1.165) is 17.8 Å². The molecule has 0 fully saturated rings. The van der Waals surface area contributed by atoms with E-state index in [4.69, 9.17) is 0 Å². The van der Waals surface area contributed by atoms with Gasteiger partial charge < -0.3 is 5.32 Å². The van der Waals surface area contributed by atoms with Crippen molar-refractivity contribution >= 4 is 23.4 Å². The summed E-state index contributed by atoms with van der Waals surface area (Å²) in [6.45, 7) is 2.09. The third-order valence-electron chi connectivity index (χ3n) is 4.74. The molecule has 1 amide bonds. The number of aryl methyl sites for hydroxylation is 1. The maximum atomic E-state index is 14.4. The van der Waals surface area contributed by atoms with Crippen LogP contribution in [0.4, 0.5) is 10.1 Å². The molecule has 3 aromatic carbocycles. The maximum Gasteiger partial charge on any atom is 0.234 e. The lowest BCUT2D eigenvalue weighted by Crippen LogP contribution is -2.14. The zero-order valence-corrected chi connectivity index (χ0v) is 17.8. The van der Waals surface area contributed by atoms with Gasteiger partial charge in [0, 0.05) is 11.4 Å². The summed E-state index contributed by atoms with van der Waals surface area (Å²) in [5, 5.41) is 11.9. The molecule has 5 nitrogen and oxygen atoms in total. The summed E-state index contributed by atoms with van der Waals surface area (Å²) in [6, 6.07) is 23.7. The van der Waals surface area contributed by atoms with Crippen molar-refractivity contribution in [1.29, 1.82) is 0 Å². The van der Waals surface area contributed by atoms with E-state index in [1.165, 1.54) is 23.4 Å². The molecule has 0 atom stereocenters. The van der Waals surface area contributed by atoms with Crippen LogP contribution >= 0.6 is 11.8 Å². The first-order valence-corrected chi connectivity index (χ1v) is 10.9. The van der Waals surface area contributed by atoms with Crippen LogP contribution in [0.25, 0.3) is 17.1 Å². The van der Waals surface area contributed by atoms with Crippen molar-refractivity contribution in [3.8, 4) is 17.1 Å². The molecule has 0 aliphatic heterocycles. The first kappa shape index (κ1) is 20.8. The topological polar surface area (TPSA) is 59.8 Å². The van der Waals surface area contributed by atoms with E-state index in [0.29, 0.717) is 16.5 Å². The van der Waals surface area contributed by atoms with Crippen LogP contribution in [0, 0.1) is 5.82 Å². The van der Waals surface area contributed by atoms with Gasteiger partial charge >= 0.3 is 0 Å². The normalized spacial score (nSPS) is 10.8. The highest BCUT2D eigenvalue weighted by atomic mass is 32.2. The number of amides is 1. The molecule has 4 rings (SSSR count). The zero-order chi connectivity index (χ0) is 21.6. The Morgan fingerprint density at radius 2 is 1.68 bits per heavy atom. The minimum Gasteiger partial charge on any atom is -0.325 e. The number of hydrogen-bond donors (Lipinski definition) is 1. The fourth-order valence-electron chi connectivity index (χ4n) is 3.14. The molecule has 0 saturated heterocycles. The molecule has 4 aromatic rings. The van der Waals surface area contributed by atoms with Gasteiger partial charge in [-0.25, -0.2) is 4.39 Å². The second kappa shape index (κ2) is 9.57. The number of nitrogens with zero attached hydrogens (tertiary/aromatic N) is 3. The Labute approximate surface area is 184 Å². The van der Waals surface area contributed by atoms with Crippen LogP contribution in [0.5, 0.6) is 0 Å². The molecular weight excluding hydrogens is 411 g/mol. The smallest absolute Gasteiger partial charge is 0.234 e. The molecule has 0 unspecified atom stereocenters. The van der Waals surface area contributed by atoms with Crippen LogP contribution in [0.1, 0.15) is 12.5 Å². The highest BCUT2D eigenvalue weighted by Crippen LogP contribution is 2.29. The van der Waals surface area contributed by atoms with Crippen molar-refractivity contribution in [3.63, 3.8) is 0 Å². The standard InChI is InChI=1S/C24H21FN4OS/c1-2-17-12-14-18(15-13-17)26-22(30)16-31-24-28-27-23(20-10-6-7-11-21(20)25)29(24)19-8-4-3-5-9-19/h3-15H,2,16H2,1H3,(H,26,30). The number of benzene rings is 3. The minimum absolute atomic E-state index is 0.149. The maximum absolute atomic E-state index is 14.4. The van der Waals surface area contributed by atoms with Crippen LogP contribution in [-0.2, 0) is 11.2 Å². The Morgan fingerprint density at radius 1 is 0.968 bits per heavy atom. The fourth-order valence-corrected chi connectivity index (χ4v) is 3.89. The van der Waals surface area contributed by atoms with Crippen molar-refractivity contribution in [3.05, 3.63) is 90.2 Å². The first-order chi connectivity index (χ1) is 15.2. The highest BCUT2D eigenvalue weighted by Gasteiger charge is 2.19. The molecule has 0 spiro atoms. The number of carbonyl (C=O) groups excluding carboxylic acids is 1. The molecule has 0 bridgehead atoms. The van der Waals surface area contributed by atoms with E-state index < -0.39 is 0 Å². The molecular formula is C24H21FN4OS. The number of thioether (sulfide) groups is 1. The van der Waals surface area contributed by atoms with Gasteiger partial charge in [0.2, 0.25) is 5.91 Å². The molecule has 0 radical (unpaired) electrons. The molecule has 0 aliphatic rings. The summed E-state index contributed by atoms with van der Waals surface area (Å²) in [6.07, 6.45) is 0.948. The van der Waals surface area contributed by atoms with Gasteiger partial charge in [-0.05, 0) is 48.4 Å². The lowest BCUT2D eigenvalue weighted by molar-refractivity contribution is -0.113. The fraction of sp³-hybridized carbons (Fsp3) is 0.125. The number of halogens is 1. The van der Waals surface area contributed by atoms with Crippen LogP contribution in [0.3, 0.4) is 0 Å². The predicted octanol–water partition coefficient (Wildman–Crippen LogP) is 5.37. The number of para-hydroxylation sites is 1. The summed E-state index contributed by atoms with van der Waals surface area (Å²) < 4.78 is 16.2. The molecule has 7 heteroatoms. The number of nitrogens with one attached hydrogen (secondary N) is 1. The summed E-state index contributed by atoms with van der Waals surface area (Å²) in [5.74, 6) is 0.0150. The van der Waals surface area contributed by atoms with E-state index >= 15 is 0 Å². The van der Waals surface area contributed by atoms with Crippen LogP contribution in [-0.4, -0.2) is 26.4 Å². The van der Waals surface area contributed by atoms with E-state index in [1.807, 2.05) is 54.6 Å². The average Bonchev–Trinajstić information content (AvgIpc) is 3.23. The largest absolute Gasteiger partial charge is 0.325 e. The lowest BCUT2D eigenvalue weighted by atomic mass is 10.1. The quantitative estimate of drug-likeness (QED) is 0.399. The van der Waals surface area contributed by atoms with Gasteiger partial charge in [0.05, 0.1) is 11.3 Å². The van der Waals surface area contributed by atoms with E-state index in [-0.39, 0.29) is 17.5 Å². The second-order valence-electron chi connectivity index (χ2n) is 6.84. The molecule has 156 valence electrons. The molecule has 1 aromatic heterocycles. The molecule has 1 heterocycles. The lowest BCUT2D eigenvalue weighted by Gasteiger charge is -2.11. The van der Waals surface area contributed by atoms with Crippen molar-refractivity contribution in [2.24, 2.45) is 0 Å². The summed E-state index contributed by atoms with van der Waals surface area (Å²) in [5.41, 5.74) is 3.11. The Morgan fingerprint density at radius 3 is 2.39 bits per heavy atom. The molecule has 1 N–H and O–H groups in total. The molecule has 0 saturated carbocycles. The van der Waals surface area contributed by atoms with E-state index in [9.17, 15) is 9.18 Å². The van der Waals surface area contributed by atoms with E-state index in [2.05, 4.69) is 22.4 Å². The van der Waals surface area contributed by atoms with Gasteiger partial charge in [-0.2, -0.15) is 0 Å². The van der Waals surface area contributed by atoms with Gasteiger partial charge in [0.1, 0.15) is 5.82 Å². The SMILES string of the molecule is CCc1ccc(NC(=O)CSc2nnc(-c3ccccc3F)n2-c2ccccc2)cc1. The van der Waals surface area contributed by atoms with E-state index in [1.54, 1.807) is 22.8 Å². The van der Waals surface area contributed by atoms with Crippen LogP contribution < -0.4 is 5.32 Å². The Bertz CT molecular complexity index is 1180. The minimum atomic E-state index is -0.378. The number of hydrogen-bond acceptors (Lipinski definition) is 4. The molecule has 31 heavy (non-hydrogen) atoms. The van der Waals surface area contributed by atoms with Gasteiger partial charge in [0.15, 0.2) is 11.0 Å². The van der Waals surface area contributed by atoms with Gasteiger partial charge in [-0.3, -0.25) is 9.36 Å². The number of carbonyl (C=O) groups is 1. The van der Waals surface area contributed by atoms with Crippen molar-refractivity contribution in [2.75, 3.05) is 11.1 Å². The Hall–Kier alpha value is -3.45. The highest BCUT2D eigenvalue weighted by molar-refractivity contribution is 7.99. The number of aromatic nitrogens is 3. The first-order valence-electron chi connectivity index (χ1n) is 9.93. The van der Waals surface area contributed by atoms with Gasteiger partial charge in [-0.1, -0.05) is 61.2 Å². The van der Waals surface area contributed by atoms with Crippen molar-refractivity contribution < 1.29 is 9.18 Å². The second-order valence-corrected chi connectivity index (χ2v) is 7.79. The predicted molar refractivity (Wildman–Crippen MR) is 122 cm³/mol.